The Labute approximate surface area is 118 Å². The first-order valence-electron chi connectivity index (χ1n) is 5.84. The Hall–Kier alpha value is -1.59. The second kappa shape index (κ2) is 5.19. The fourth-order valence-electron chi connectivity index (χ4n) is 1.88. The molecule has 0 fully saturated rings. The molecule has 1 N–H and O–H groups in total. The molecule has 1 atom stereocenters. The van der Waals surface area contributed by atoms with Gasteiger partial charge in [-0.2, -0.15) is 0 Å². The molecule has 0 saturated carbocycles. The van der Waals surface area contributed by atoms with E-state index in [1.54, 1.807) is 0 Å². The summed E-state index contributed by atoms with van der Waals surface area (Å²) in [6.45, 7) is 0. The number of aromatic amines is 1. The first-order chi connectivity index (χ1) is 9.24. The zero-order valence-electron chi connectivity index (χ0n) is 10.0. The highest BCUT2D eigenvalue weighted by Gasteiger charge is 2.11. The van der Waals surface area contributed by atoms with E-state index in [0.29, 0.717) is 10.9 Å². The van der Waals surface area contributed by atoms with Gasteiger partial charge in [0.15, 0.2) is 5.16 Å². The average molecular weight is 288 g/mol. The smallest absolute Gasteiger partial charge is 0.197 e. The zero-order valence-corrected chi connectivity index (χ0v) is 11.7. The Morgan fingerprint density at radius 3 is 2.63 bits per heavy atom. The number of nitrogens with zero attached hydrogens (tertiary/aromatic N) is 1. The molecule has 0 aliphatic rings. The highest BCUT2D eigenvalue weighted by molar-refractivity contribution is 7.84. The van der Waals surface area contributed by atoms with Crippen LogP contribution >= 0.6 is 12.6 Å². The van der Waals surface area contributed by atoms with Crippen molar-refractivity contribution in [2.24, 2.45) is 0 Å². The van der Waals surface area contributed by atoms with Crippen molar-refractivity contribution in [2.45, 2.75) is 15.8 Å². The number of aromatic nitrogens is 2. The highest BCUT2D eigenvalue weighted by atomic mass is 32.2. The lowest BCUT2D eigenvalue weighted by Crippen LogP contribution is -1.99. The molecule has 0 radical (unpaired) electrons. The minimum Gasteiger partial charge on any atom is -0.331 e. The predicted molar refractivity (Wildman–Crippen MR) is 79.9 cm³/mol. The molecule has 0 saturated heterocycles. The largest absolute Gasteiger partial charge is 0.331 e. The van der Waals surface area contributed by atoms with Crippen LogP contribution in [0.5, 0.6) is 0 Å². The first-order valence-corrected chi connectivity index (χ1v) is 7.60. The maximum absolute atomic E-state index is 12.3. The number of rotatable bonds is 3. The van der Waals surface area contributed by atoms with Gasteiger partial charge < -0.3 is 4.98 Å². The molecule has 3 rings (SSSR count). The minimum atomic E-state index is -1.19. The topological polar surface area (TPSA) is 45.8 Å². The summed E-state index contributed by atoms with van der Waals surface area (Å²) in [6.07, 6.45) is 0. The van der Waals surface area contributed by atoms with Crippen LogP contribution in [0.4, 0.5) is 0 Å². The van der Waals surface area contributed by atoms with E-state index in [1.165, 1.54) is 0 Å². The van der Waals surface area contributed by atoms with Gasteiger partial charge in [-0.1, -0.05) is 30.3 Å². The number of hydrogen-bond acceptors (Lipinski definition) is 3. The molecule has 0 aliphatic carbocycles. The lowest BCUT2D eigenvalue weighted by atomic mass is 10.2. The van der Waals surface area contributed by atoms with Crippen LogP contribution in [0.15, 0.2) is 58.6 Å². The highest BCUT2D eigenvalue weighted by Crippen LogP contribution is 2.19. The third-order valence-electron chi connectivity index (χ3n) is 2.86. The van der Waals surface area contributed by atoms with Gasteiger partial charge in [0.25, 0.3) is 0 Å². The number of nitrogens with one attached hydrogen (secondary N) is 1. The summed E-state index contributed by atoms with van der Waals surface area (Å²) in [6, 6.07) is 15.3. The normalized spacial score (nSPS) is 12.7. The number of hydrogen-bond donors (Lipinski definition) is 2. The van der Waals surface area contributed by atoms with Crippen LogP contribution in [-0.4, -0.2) is 14.2 Å². The molecule has 3 aromatic rings. The maximum Gasteiger partial charge on any atom is 0.197 e. The number of benzene rings is 2. The fourth-order valence-corrected chi connectivity index (χ4v) is 3.32. The Morgan fingerprint density at radius 1 is 1.11 bits per heavy atom. The van der Waals surface area contributed by atoms with E-state index in [9.17, 15) is 4.21 Å². The van der Waals surface area contributed by atoms with Gasteiger partial charge in [0, 0.05) is 4.90 Å². The van der Waals surface area contributed by atoms with E-state index in [1.807, 2.05) is 48.5 Å². The molecule has 1 unspecified atom stereocenters. The lowest BCUT2D eigenvalue weighted by Gasteiger charge is -2.02. The third-order valence-corrected chi connectivity index (χ3v) is 4.50. The minimum absolute atomic E-state index is 0.416. The van der Waals surface area contributed by atoms with Crippen LogP contribution in [0.2, 0.25) is 0 Å². The van der Waals surface area contributed by atoms with E-state index in [2.05, 4.69) is 22.6 Å². The Balaban J connectivity index is 1.90. The van der Waals surface area contributed by atoms with Crippen LogP contribution in [0.1, 0.15) is 5.56 Å². The molecule has 96 valence electrons. The summed E-state index contributed by atoms with van der Waals surface area (Å²) in [4.78, 5) is 8.31. The number of imidazole rings is 1. The SMILES string of the molecule is O=S(Cc1ccccc1S)c1nc2ccccc2[nH]1. The van der Waals surface area contributed by atoms with Crippen molar-refractivity contribution in [1.29, 1.82) is 0 Å². The first kappa shape index (κ1) is 12.4. The Bertz CT molecular complexity index is 719. The molecule has 1 heterocycles. The van der Waals surface area contributed by atoms with Crippen LogP contribution in [0.25, 0.3) is 11.0 Å². The van der Waals surface area contributed by atoms with Gasteiger partial charge in [-0.3, -0.25) is 4.21 Å². The predicted octanol–water partition coefficient (Wildman–Crippen LogP) is 3.16. The van der Waals surface area contributed by atoms with Crippen molar-refractivity contribution in [3.8, 4) is 0 Å². The number of H-pyrrole nitrogens is 1. The molecule has 1 aromatic heterocycles. The molecular formula is C14H12N2OS2. The van der Waals surface area contributed by atoms with Gasteiger partial charge in [-0.15, -0.1) is 12.6 Å². The van der Waals surface area contributed by atoms with Gasteiger partial charge >= 0.3 is 0 Å². The summed E-state index contributed by atoms with van der Waals surface area (Å²) in [5, 5.41) is 0.512. The number of para-hydroxylation sites is 2. The van der Waals surface area contributed by atoms with Crippen molar-refractivity contribution < 1.29 is 4.21 Å². The molecular weight excluding hydrogens is 276 g/mol. The van der Waals surface area contributed by atoms with E-state index in [0.717, 1.165) is 21.5 Å². The molecule has 3 nitrogen and oxygen atoms in total. The summed E-state index contributed by atoms with van der Waals surface area (Å²) < 4.78 is 12.3. The summed E-state index contributed by atoms with van der Waals surface area (Å²) in [5.41, 5.74) is 2.71. The average Bonchev–Trinajstić information content (AvgIpc) is 2.85. The second-order valence-corrected chi connectivity index (χ2v) is 6.03. The molecule has 0 aliphatic heterocycles. The standard InChI is InChI=1S/C14H12N2OS2/c17-19(9-10-5-1-4-8-13(10)18)14-15-11-6-2-3-7-12(11)16-14/h1-8,18H,9H2,(H,15,16). The Morgan fingerprint density at radius 2 is 1.84 bits per heavy atom. The molecule has 0 spiro atoms. The van der Waals surface area contributed by atoms with Crippen molar-refractivity contribution in [3.05, 3.63) is 54.1 Å². The van der Waals surface area contributed by atoms with E-state index >= 15 is 0 Å². The molecule has 0 bridgehead atoms. The van der Waals surface area contributed by atoms with Crippen LogP contribution in [0, 0.1) is 0 Å². The van der Waals surface area contributed by atoms with Gasteiger partial charge in [0.05, 0.1) is 27.6 Å². The van der Waals surface area contributed by atoms with Crippen molar-refractivity contribution in [1.82, 2.24) is 9.97 Å². The molecule has 5 heteroatoms. The van der Waals surface area contributed by atoms with E-state index < -0.39 is 10.8 Å². The summed E-state index contributed by atoms with van der Waals surface area (Å²) in [5.74, 6) is 0.416. The van der Waals surface area contributed by atoms with Crippen LogP contribution in [-0.2, 0) is 16.6 Å². The van der Waals surface area contributed by atoms with E-state index in [-0.39, 0.29) is 0 Å². The Kier molecular flexibility index (Phi) is 3.40. The molecule has 19 heavy (non-hydrogen) atoms. The number of fused-ring (bicyclic) bond motifs is 1. The van der Waals surface area contributed by atoms with Crippen LogP contribution in [0.3, 0.4) is 0 Å². The summed E-state index contributed by atoms with van der Waals surface area (Å²) in [7, 11) is -1.19. The second-order valence-electron chi connectivity index (χ2n) is 4.18. The third kappa shape index (κ3) is 2.57. The quantitative estimate of drug-likeness (QED) is 0.727. The van der Waals surface area contributed by atoms with Gasteiger partial charge in [-0.25, -0.2) is 4.98 Å². The zero-order chi connectivity index (χ0) is 13.2. The maximum atomic E-state index is 12.3. The van der Waals surface area contributed by atoms with Gasteiger partial charge in [0.2, 0.25) is 0 Å². The van der Waals surface area contributed by atoms with Gasteiger partial charge in [0.1, 0.15) is 0 Å². The van der Waals surface area contributed by atoms with Crippen molar-refractivity contribution in [2.75, 3.05) is 0 Å². The summed E-state index contributed by atoms with van der Waals surface area (Å²) >= 11 is 4.37. The van der Waals surface area contributed by atoms with Gasteiger partial charge in [-0.05, 0) is 23.8 Å². The monoisotopic (exact) mass is 288 g/mol. The van der Waals surface area contributed by atoms with Crippen molar-refractivity contribution >= 4 is 34.5 Å². The molecule has 0 amide bonds. The van der Waals surface area contributed by atoms with E-state index in [4.69, 9.17) is 0 Å². The molecule has 2 aromatic carbocycles. The van der Waals surface area contributed by atoms with Crippen molar-refractivity contribution in [3.63, 3.8) is 0 Å². The lowest BCUT2D eigenvalue weighted by molar-refractivity contribution is 0.677. The number of thiol groups is 1. The fraction of sp³-hybridized carbons (Fsp3) is 0.0714. The van der Waals surface area contributed by atoms with Crippen LogP contribution < -0.4 is 0 Å².